The zero-order valence-corrected chi connectivity index (χ0v) is 21.7. The SMILES string of the molecule is CN(C)C(=O)c1cc2cnc(Nc3ccc(C4CC[C@@H]5CC[C@H](C4)N5C)cn3)nc2n1C1CCCC1. The second kappa shape index (κ2) is 9.47. The normalized spacial score (nSPS) is 24.8. The molecule has 190 valence electrons. The summed E-state index contributed by atoms with van der Waals surface area (Å²) in [6.45, 7) is 0. The van der Waals surface area contributed by atoms with E-state index in [4.69, 9.17) is 9.97 Å². The lowest BCUT2D eigenvalue weighted by Crippen LogP contribution is -2.30. The number of fused-ring (bicyclic) bond motifs is 3. The van der Waals surface area contributed by atoms with Crippen molar-refractivity contribution in [1.82, 2.24) is 29.3 Å². The lowest BCUT2D eigenvalue weighted by Gasteiger charge is -2.23. The second-order valence-corrected chi connectivity index (χ2v) is 11.2. The van der Waals surface area contributed by atoms with E-state index < -0.39 is 0 Å². The van der Waals surface area contributed by atoms with Crippen molar-refractivity contribution in [3.8, 4) is 0 Å². The summed E-state index contributed by atoms with van der Waals surface area (Å²) in [6, 6.07) is 7.97. The van der Waals surface area contributed by atoms with Crippen LogP contribution in [0.15, 0.2) is 30.6 Å². The van der Waals surface area contributed by atoms with Gasteiger partial charge in [-0.2, -0.15) is 4.98 Å². The fourth-order valence-corrected chi connectivity index (χ4v) is 6.69. The monoisotopic (exact) mass is 487 g/mol. The summed E-state index contributed by atoms with van der Waals surface area (Å²) in [4.78, 5) is 31.3. The van der Waals surface area contributed by atoms with Crippen molar-refractivity contribution in [1.29, 1.82) is 0 Å². The molecule has 0 aromatic carbocycles. The van der Waals surface area contributed by atoms with E-state index in [1.807, 2.05) is 24.5 Å². The molecule has 0 spiro atoms. The van der Waals surface area contributed by atoms with Gasteiger partial charge in [0.25, 0.3) is 5.91 Å². The summed E-state index contributed by atoms with van der Waals surface area (Å²) in [5.74, 6) is 1.84. The summed E-state index contributed by atoms with van der Waals surface area (Å²) >= 11 is 0. The van der Waals surface area contributed by atoms with Crippen LogP contribution in [-0.4, -0.2) is 68.5 Å². The summed E-state index contributed by atoms with van der Waals surface area (Å²) in [5.41, 5.74) is 2.84. The molecule has 0 radical (unpaired) electrons. The molecule has 8 heteroatoms. The Morgan fingerprint density at radius 2 is 1.75 bits per heavy atom. The molecule has 2 bridgehead atoms. The van der Waals surface area contributed by atoms with Gasteiger partial charge in [0, 0.05) is 50.0 Å². The third-order valence-electron chi connectivity index (χ3n) is 8.78. The lowest BCUT2D eigenvalue weighted by atomic mass is 9.87. The van der Waals surface area contributed by atoms with Crippen LogP contribution in [0.25, 0.3) is 11.0 Å². The summed E-state index contributed by atoms with van der Waals surface area (Å²) in [5, 5.41) is 4.20. The first-order valence-corrected chi connectivity index (χ1v) is 13.5. The first-order chi connectivity index (χ1) is 17.5. The molecule has 3 aliphatic rings. The fraction of sp³-hybridized carbons (Fsp3) is 0.571. The van der Waals surface area contributed by atoms with E-state index >= 15 is 0 Å². The minimum absolute atomic E-state index is 0.00425. The van der Waals surface area contributed by atoms with Crippen molar-refractivity contribution < 1.29 is 4.79 Å². The second-order valence-electron chi connectivity index (χ2n) is 11.2. The zero-order chi connectivity index (χ0) is 24.8. The Balaban J connectivity index is 1.24. The van der Waals surface area contributed by atoms with E-state index in [2.05, 4.69) is 32.9 Å². The van der Waals surface area contributed by atoms with Crippen LogP contribution < -0.4 is 5.32 Å². The zero-order valence-electron chi connectivity index (χ0n) is 21.7. The van der Waals surface area contributed by atoms with E-state index in [-0.39, 0.29) is 5.91 Å². The van der Waals surface area contributed by atoms with E-state index in [9.17, 15) is 4.79 Å². The third kappa shape index (κ3) is 4.25. The van der Waals surface area contributed by atoms with Gasteiger partial charge in [-0.25, -0.2) is 9.97 Å². The highest BCUT2D eigenvalue weighted by molar-refractivity contribution is 5.97. The highest BCUT2D eigenvalue weighted by atomic mass is 16.2. The maximum atomic E-state index is 12.9. The van der Waals surface area contributed by atoms with Crippen molar-refractivity contribution in [3.63, 3.8) is 0 Å². The van der Waals surface area contributed by atoms with E-state index in [0.29, 0.717) is 29.6 Å². The number of hydrogen-bond acceptors (Lipinski definition) is 6. The van der Waals surface area contributed by atoms with Crippen LogP contribution in [0.2, 0.25) is 0 Å². The molecule has 3 aromatic rings. The molecule has 1 unspecified atom stereocenters. The molecule has 2 aliphatic heterocycles. The first-order valence-electron chi connectivity index (χ1n) is 13.5. The highest BCUT2D eigenvalue weighted by Gasteiger charge is 2.35. The van der Waals surface area contributed by atoms with Gasteiger partial charge in [-0.15, -0.1) is 0 Å². The summed E-state index contributed by atoms with van der Waals surface area (Å²) in [6.07, 6.45) is 14.8. The average Bonchev–Trinajstić information content (AvgIpc) is 3.57. The average molecular weight is 488 g/mol. The quantitative estimate of drug-likeness (QED) is 0.538. The standard InChI is InChI=1S/C28H37N7O/c1-33(2)27(36)24-15-20-17-30-28(32-26(20)35(24)22-6-4-5-7-22)31-25-13-9-19(16-29-25)18-8-10-21-11-12-23(14-18)34(21)3/h9,13,15-18,21-23H,4-8,10-12,14H2,1-3H3,(H,29,30,31,32)/t18?,21-,23-/m1/s1. The third-order valence-corrected chi connectivity index (χ3v) is 8.78. The van der Waals surface area contributed by atoms with E-state index in [1.54, 1.807) is 19.0 Å². The molecule has 1 aliphatic carbocycles. The van der Waals surface area contributed by atoms with Gasteiger partial charge in [-0.3, -0.25) is 4.79 Å². The van der Waals surface area contributed by atoms with Gasteiger partial charge in [0.2, 0.25) is 5.95 Å². The van der Waals surface area contributed by atoms with Crippen LogP contribution in [-0.2, 0) is 0 Å². The molecule has 1 N–H and O–H groups in total. The van der Waals surface area contributed by atoms with Crippen molar-refractivity contribution in [2.45, 2.75) is 81.8 Å². The Kier molecular flexibility index (Phi) is 6.15. The molecular weight excluding hydrogens is 450 g/mol. The van der Waals surface area contributed by atoms with Gasteiger partial charge in [0.1, 0.15) is 17.2 Å². The van der Waals surface area contributed by atoms with Gasteiger partial charge in [0.15, 0.2) is 0 Å². The van der Waals surface area contributed by atoms with Gasteiger partial charge in [-0.1, -0.05) is 18.9 Å². The Labute approximate surface area is 213 Å². The molecular formula is C28H37N7O. The maximum absolute atomic E-state index is 12.9. The van der Waals surface area contributed by atoms with Crippen LogP contribution in [0, 0.1) is 0 Å². The molecule has 3 aromatic heterocycles. The number of carbonyl (C=O) groups excluding carboxylic acids is 1. The Bertz CT molecular complexity index is 1240. The smallest absolute Gasteiger partial charge is 0.270 e. The van der Waals surface area contributed by atoms with Crippen LogP contribution in [0.5, 0.6) is 0 Å². The Morgan fingerprint density at radius 3 is 2.50 bits per heavy atom. The summed E-state index contributed by atoms with van der Waals surface area (Å²) < 4.78 is 2.14. The molecule has 8 nitrogen and oxygen atoms in total. The van der Waals surface area contributed by atoms with E-state index in [1.165, 1.54) is 50.5 Å². The number of nitrogens with one attached hydrogen (secondary N) is 1. The molecule has 3 fully saturated rings. The fourth-order valence-electron chi connectivity index (χ4n) is 6.69. The number of anilines is 2. The number of pyridine rings is 1. The number of rotatable bonds is 5. The maximum Gasteiger partial charge on any atom is 0.270 e. The van der Waals surface area contributed by atoms with Gasteiger partial charge in [-0.05, 0) is 75.6 Å². The number of aromatic nitrogens is 4. The van der Waals surface area contributed by atoms with Crippen molar-refractivity contribution >= 4 is 28.7 Å². The van der Waals surface area contributed by atoms with Crippen molar-refractivity contribution in [3.05, 3.63) is 41.9 Å². The molecule has 1 amide bonds. The minimum atomic E-state index is 0.00425. The van der Waals surface area contributed by atoms with Crippen LogP contribution in [0.4, 0.5) is 11.8 Å². The van der Waals surface area contributed by atoms with Crippen LogP contribution in [0.1, 0.15) is 85.8 Å². The molecule has 5 heterocycles. The molecule has 6 rings (SSSR count). The predicted molar refractivity (Wildman–Crippen MR) is 142 cm³/mol. The highest BCUT2D eigenvalue weighted by Crippen LogP contribution is 2.40. The number of hydrogen-bond donors (Lipinski definition) is 1. The van der Waals surface area contributed by atoms with Crippen LogP contribution >= 0.6 is 0 Å². The lowest BCUT2D eigenvalue weighted by molar-refractivity contribution is 0.0815. The van der Waals surface area contributed by atoms with E-state index in [0.717, 1.165) is 35.7 Å². The predicted octanol–water partition coefficient (Wildman–Crippen LogP) is 5.12. The molecule has 2 saturated heterocycles. The van der Waals surface area contributed by atoms with Gasteiger partial charge >= 0.3 is 0 Å². The van der Waals surface area contributed by atoms with Gasteiger partial charge in [0.05, 0.1) is 0 Å². The Hall–Kier alpha value is -3.00. The molecule has 36 heavy (non-hydrogen) atoms. The number of carbonyl (C=O) groups is 1. The largest absolute Gasteiger partial charge is 0.343 e. The topological polar surface area (TPSA) is 79.2 Å². The Morgan fingerprint density at radius 1 is 0.972 bits per heavy atom. The summed E-state index contributed by atoms with van der Waals surface area (Å²) in [7, 11) is 5.89. The first kappa shape index (κ1) is 23.4. The van der Waals surface area contributed by atoms with Crippen LogP contribution in [0.3, 0.4) is 0 Å². The minimum Gasteiger partial charge on any atom is -0.343 e. The van der Waals surface area contributed by atoms with Crippen molar-refractivity contribution in [2.24, 2.45) is 0 Å². The number of amides is 1. The number of nitrogens with zero attached hydrogens (tertiary/aromatic N) is 6. The van der Waals surface area contributed by atoms with Gasteiger partial charge < -0.3 is 19.7 Å². The van der Waals surface area contributed by atoms with Crippen molar-refractivity contribution in [2.75, 3.05) is 26.5 Å². The molecule has 3 atom stereocenters. The molecule has 1 saturated carbocycles.